The average Bonchev–Trinajstić information content (AvgIpc) is 1.95. The number of nitrogens with one attached hydrogen (secondary N) is 1. The third-order valence-corrected chi connectivity index (χ3v) is 1.54. The number of aliphatic carboxylic acids is 1. The van der Waals surface area contributed by atoms with E-state index < -0.39 is 30.1 Å². The van der Waals surface area contributed by atoms with Crippen molar-refractivity contribution in [3.8, 4) is 0 Å². The van der Waals surface area contributed by atoms with E-state index in [2.05, 4.69) is 5.32 Å². The van der Waals surface area contributed by atoms with E-state index in [1.807, 2.05) is 0 Å². The van der Waals surface area contributed by atoms with E-state index in [-0.39, 0.29) is 0 Å². The van der Waals surface area contributed by atoms with Crippen LogP contribution < -0.4 is 5.32 Å². The van der Waals surface area contributed by atoms with Crippen LogP contribution in [0.3, 0.4) is 0 Å². The van der Waals surface area contributed by atoms with Gasteiger partial charge < -0.3 is 20.1 Å². The Morgan fingerprint density at radius 1 is 1.33 bits per heavy atom. The van der Waals surface area contributed by atoms with E-state index in [0.717, 1.165) is 0 Å². The molecule has 6 nitrogen and oxygen atoms in total. The molecule has 3 atom stereocenters. The number of carboxylic acid groups (broad SMARTS) is 1. The second-order valence-electron chi connectivity index (χ2n) is 4.31. The Hall–Kier alpha value is -0.690. The zero-order valence-electron chi connectivity index (χ0n) is 9.39. The number of aliphatic hydroxyl groups is 2. The summed E-state index contributed by atoms with van der Waals surface area (Å²) in [6, 6.07) is -1.26. The van der Waals surface area contributed by atoms with Crippen molar-refractivity contribution in [2.75, 3.05) is 0 Å². The summed E-state index contributed by atoms with van der Waals surface area (Å²) in [6.45, 7) is 6.47. The molecule has 6 heteroatoms. The second kappa shape index (κ2) is 5.41. The first kappa shape index (κ1) is 14.3. The van der Waals surface area contributed by atoms with Gasteiger partial charge in [-0.1, -0.05) is 0 Å². The van der Waals surface area contributed by atoms with Gasteiger partial charge in [-0.05, 0) is 27.7 Å². The van der Waals surface area contributed by atoms with E-state index in [9.17, 15) is 9.90 Å². The highest BCUT2D eigenvalue weighted by Crippen LogP contribution is 2.08. The first-order valence-corrected chi connectivity index (χ1v) is 4.66. The summed E-state index contributed by atoms with van der Waals surface area (Å²) < 4.78 is 5.04. The zero-order chi connectivity index (χ0) is 12.2. The largest absolute Gasteiger partial charge is 0.480 e. The van der Waals surface area contributed by atoms with Crippen molar-refractivity contribution in [1.82, 2.24) is 5.32 Å². The normalized spacial score (nSPS) is 18.3. The van der Waals surface area contributed by atoms with Crippen molar-refractivity contribution < 1.29 is 24.9 Å². The Balaban J connectivity index is 4.24. The maximum absolute atomic E-state index is 10.7. The quantitative estimate of drug-likeness (QED) is 0.467. The Labute approximate surface area is 88.9 Å². The van der Waals surface area contributed by atoms with Gasteiger partial charge in [0.25, 0.3) is 0 Å². The second-order valence-corrected chi connectivity index (χ2v) is 4.31. The molecule has 0 aromatic rings. The Morgan fingerprint density at radius 3 is 2.07 bits per heavy atom. The van der Waals surface area contributed by atoms with Gasteiger partial charge in [-0.25, -0.2) is 0 Å². The zero-order valence-corrected chi connectivity index (χ0v) is 9.39. The maximum Gasteiger partial charge on any atom is 0.323 e. The lowest BCUT2D eigenvalue weighted by atomic mass is 10.2. The van der Waals surface area contributed by atoms with Crippen LogP contribution in [0.25, 0.3) is 0 Å². The predicted octanol–water partition coefficient (Wildman–Crippen LogP) is -0.499. The maximum atomic E-state index is 10.7. The summed E-state index contributed by atoms with van der Waals surface area (Å²) in [5.74, 6) is -1.25. The molecule has 0 aliphatic carbocycles. The molecule has 0 bridgehead atoms. The monoisotopic (exact) mass is 221 g/mol. The Kier molecular flexibility index (Phi) is 5.16. The molecule has 0 heterocycles. The molecule has 0 saturated carbocycles. The summed E-state index contributed by atoms with van der Waals surface area (Å²) in [5, 5.41) is 29.4. The van der Waals surface area contributed by atoms with Crippen LogP contribution in [-0.4, -0.2) is 45.4 Å². The highest BCUT2D eigenvalue weighted by molar-refractivity contribution is 5.74. The number of hydrogen-bond donors (Lipinski definition) is 4. The third-order valence-electron chi connectivity index (χ3n) is 1.54. The molecule has 0 rings (SSSR count). The minimum Gasteiger partial charge on any atom is -0.480 e. The number of hydrogen-bond acceptors (Lipinski definition) is 5. The molecule has 0 radical (unpaired) electrons. The van der Waals surface area contributed by atoms with Crippen molar-refractivity contribution in [3.05, 3.63) is 0 Å². The summed E-state index contributed by atoms with van der Waals surface area (Å²) in [4.78, 5) is 10.7. The molecule has 0 spiro atoms. The Morgan fingerprint density at radius 2 is 1.80 bits per heavy atom. The van der Waals surface area contributed by atoms with E-state index in [1.165, 1.54) is 6.92 Å². The van der Waals surface area contributed by atoms with E-state index in [4.69, 9.17) is 14.9 Å². The first-order valence-electron chi connectivity index (χ1n) is 4.66. The molecular formula is C9H19NO5. The molecular weight excluding hydrogens is 202 g/mol. The van der Waals surface area contributed by atoms with Gasteiger partial charge in [-0.3, -0.25) is 10.1 Å². The number of aliphatic hydroxyl groups excluding tert-OH is 2. The van der Waals surface area contributed by atoms with Gasteiger partial charge in [0, 0.05) is 0 Å². The summed E-state index contributed by atoms with van der Waals surface area (Å²) in [6.07, 6.45) is -2.55. The van der Waals surface area contributed by atoms with Gasteiger partial charge >= 0.3 is 5.97 Å². The van der Waals surface area contributed by atoms with Gasteiger partial charge in [0.15, 0.2) is 0 Å². The molecule has 0 aliphatic rings. The first-order chi connectivity index (χ1) is 6.63. The summed E-state index contributed by atoms with van der Waals surface area (Å²) in [5.41, 5.74) is -0.603. The molecule has 0 saturated heterocycles. The Bertz CT molecular complexity index is 211. The third kappa shape index (κ3) is 6.40. The van der Waals surface area contributed by atoms with Gasteiger partial charge in [-0.15, -0.1) is 0 Å². The van der Waals surface area contributed by atoms with E-state index >= 15 is 0 Å². The van der Waals surface area contributed by atoms with Crippen LogP contribution in [0, 0.1) is 0 Å². The standard InChI is InChI=1S/C9H19NO5/c1-5(11)6(7(12)13)10-8(14)15-9(2,3)4/h5-6,8,10-11,14H,1-4H3,(H,12,13). The fourth-order valence-corrected chi connectivity index (χ4v) is 0.939. The van der Waals surface area contributed by atoms with Gasteiger partial charge in [0.05, 0.1) is 11.7 Å². The average molecular weight is 221 g/mol. The minimum absolute atomic E-state index is 0.603. The smallest absolute Gasteiger partial charge is 0.323 e. The highest BCUT2D eigenvalue weighted by Gasteiger charge is 2.27. The van der Waals surface area contributed by atoms with Crippen LogP contribution in [-0.2, 0) is 9.53 Å². The molecule has 0 fully saturated rings. The van der Waals surface area contributed by atoms with Crippen LogP contribution in [0.5, 0.6) is 0 Å². The summed E-state index contributed by atoms with van der Waals surface area (Å²) in [7, 11) is 0. The fraction of sp³-hybridized carbons (Fsp3) is 0.889. The molecule has 90 valence electrons. The molecule has 0 aromatic heterocycles. The van der Waals surface area contributed by atoms with Gasteiger partial charge in [0.1, 0.15) is 6.04 Å². The lowest BCUT2D eigenvalue weighted by Crippen LogP contribution is -2.51. The fourth-order valence-electron chi connectivity index (χ4n) is 0.939. The lowest BCUT2D eigenvalue weighted by molar-refractivity contribution is -0.193. The van der Waals surface area contributed by atoms with Crippen molar-refractivity contribution in [2.24, 2.45) is 0 Å². The summed E-state index contributed by atoms with van der Waals surface area (Å²) >= 11 is 0. The van der Waals surface area contributed by atoms with Crippen molar-refractivity contribution >= 4 is 5.97 Å². The molecule has 0 aliphatic heterocycles. The number of carbonyl (C=O) groups is 1. The van der Waals surface area contributed by atoms with Gasteiger partial charge in [0.2, 0.25) is 6.41 Å². The van der Waals surface area contributed by atoms with E-state index in [1.54, 1.807) is 20.8 Å². The predicted molar refractivity (Wildman–Crippen MR) is 53.1 cm³/mol. The van der Waals surface area contributed by atoms with Crippen molar-refractivity contribution in [2.45, 2.75) is 51.9 Å². The molecule has 4 N–H and O–H groups in total. The number of ether oxygens (including phenoxy) is 1. The highest BCUT2D eigenvalue weighted by atomic mass is 16.6. The molecule has 0 aromatic carbocycles. The minimum atomic E-state index is -1.43. The van der Waals surface area contributed by atoms with Crippen LogP contribution in [0.2, 0.25) is 0 Å². The van der Waals surface area contributed by atoms with Crippen LogP contribution >= 0.6 is 0 Å². The van der Waals surface area contributed by atoms with E-state index in [0.29, 0.717) is 0 Å². The topological polar surface area (TPSA) is 99.0 Å². The van der Waals surface area contributed by atoms with Crippen LogP contribution in [0.1, 0.15) is 27.7 Å². The SMILES string of the molecule is CC(O)C(NC(O)OC(C)(C)C)C(=O)O. The van der Waals surface area contributed by atoms with Crippen molar-refractivity contribution in [3.63, 3.8) is 0 Å². The number of rotatable bonds is 5. The molecule has 0 amide bonds. The van der Waals surface area contributed by atoms with Crippen LogP contribution in [0.4, 0.5) is 0 Å². The molecule has 15 heavy (non-hydrogen) atoms. The molecule has 3 unspecified atom stereocenters. The van der Waals surface area contributed by atoms with Gasteiger partial charge in [-0.2, -0.15) is 0 Å². The van der Waals surface area contributed by atoms with Crippen molar-refractivity contribution in [1.29, 1.82) is 0 Å². The lowest BCUT2D eigenvalue weighted by Gasteiger charge is -2.27. The number of carboxylic acids is 1. The van der Waals surface area contributed by atoms with Crippen LogP contribution in [0.15, 0.2) is 0 Å².